The van der Waals surface area contributed by atoms with Gasteiger partial charge in [-0.2, -0.15) is 0 Å². The summed E-state index contributed by atoms with van der Waals surface area (Å²) in [6.45, 7) is 13.5. The zero-order valence-corrected chi connectivity index (χ0v) is 14.4. The van der Waals surface area contributed by atoms with E-state index in [-0.39, 0.29) is 10.8 Å². The van der Waals surface area contributed by atoms with Crippen LogP contribution in [0.4, 0.5) is 0 Å². The van der Waals surface area contributed by atoms with E-state index in [1.54, 1.807) is 0 Å². The molecule has 0 atom stereocenters. The third-order valence-corrected chi connectivity index (χ3v) is 4.08. The summed E-state index contributed by atoms with van der Waals surface area (Å²) < 4.78 is 0. The van der Waals surface area contributed by atoms with E-state index in [4.69, 9.17) is 4.98 Å². The lowest BCUT2D eigenvalue weighted by atomic mass is 9.78. The van der Waals surface area contributed by atoms with Gasteiger partial charge in [-0.05, 0) is 23.1 Å². The van der Waals surface area contributed by atoms with E-state index in [0.717, 1.165) is 16.4 Å². The smallest absolute Gasteiger partial charge is 0.0968 e. The SMILES string of the molecule is CC(C)(C)c1cc2ccc3cccnc3c2nc1C(C)(C)C. The summed E-state index contributed by atoms with van der Waals surface area (Å²) in [4.78, 5) is 9.64. The number of nitrogens with zero attached hydrogens (tertiary/aromatic N) is 2. The second-order valence-electron chi connectivity index (χ2n) is 8.10. The van der Waals surface area contributed by atoms with Crippen LogP contribution in [0.15, 0.2) is 36.5 Å². The maximum atomic E-state index is 5.08. The van der Waals surface area contributed by atoms with Gasteiger partial charge in [0.25, 0.3) is 0 Å². The van der Waals surface area contributed by atoms with E-state index in [0.29, 0.717) is 0 Å². The van der Waals surface area contributed by atoms with E-state index >= 15 is 0 Å². The maximum Gasteiger partial charge on any atom is 0.0968 e. The molecule has 1 aromatic carbocycles. The van der Waals surface area contributed by atoms with Gasteiger partial charge in [0, 0.05) is 22.4 Å². The van der Waals surface area contributed by atoms with Crippen molar-refractivity contribution in [3.63, 3.8) is 0 Å². The summed E-state index contributed by atoms with van der Waals surface area (Å²) in [7, 11) is 0. The van der Waals surface area contributed by atoms with Gasteiger partial charge in [-0.3, -0.25) is 4.98 Å². The molecule has 2 heterocycles. The monoisotopic (exact) mass is 292 g/mol. The second-order valence-corrected chi connectivity index (χ2v) is 8.10. The molecule has 0 N–H and O–H groups in total. The molecule has 0 aliphatic carbocycles. The van der Waals surface area contributed by atoms with Crippen LogP contribution in [-0.2, 0) is 10.8 Å². The van der Waals surface area contributed by atoms with Crippen molar-refractivity contribution in [2.45, 2.75) is 52.4 Å². The molecule has 0 fully saturated rings. The zero-order valence-electron chi connectivity index (χ0n) is 14.4. The zero-order chi connectivity index (χ0) is 16.1. The van der Waals surface area contributed by atoms with Gasteiger partial charge < -0.3 is 0 Å². The van der Waals surface area contributed by atoms with Gasteiger partial charge in [-0.1, -0.05) is 59.7 Å². The Bertz CT molecular complexity index is 849. The molecular formula is C20H24N2. The summed E-state index contributed by atoms with van der Waals surface area (Å²) in [6.07, 6.45) is 1.85. The highest BCUT2D eigenvalue weighted by Crippen LogP contribution is 2.35. The first-order chi connectivity index (χ1) is 10.2. The standard InChI is InChI=1S/C20H24N2/c1-19(2,3)15-12-14-10-9-13-8-7-11-21-16(13)17(14)22-18(15)20(4,5)6/h7-12H,1-6H3. The highest BCUT2D eigenvalue weighted by atomic mass is 14.8. The molecule has 0 saturated carbocycles. The molecule has 0 spiro atoms. The molecule has 0 aliphatic rings. The van der Waals surface area contributed by atoms with Gasteiger partial charge in [0.2, 0.25) is 0 Å². The summed E-state index contributed by atoms with van der Waals surface area (Å²) in [5.74, 6) is 0. The molecule has 3 aromatic rings. The van der Waals surface area contributed by atoms with Crippen molar-refractivity contribution in [3.8, 4) is 0 Å². The first kappa shape index (κ1) is 15.0. The predicted octanol–water partition coefficient (Wildman–Crippen LogP) is 5.38. The number of pyridine rings is 2. The van der Waals surface area contributed by atoms with Gasteiger partial charge in [0.1, 0.15) is 0 Å². The van der Waals surface area contributed by atoms with E-state index < -0.39 is 0 Å². The highest BCUT2D eigenvalue weighted by Gasteiger charge is 2.27. The van der Waals surface area contributed by atoms with Gasteiger partial charge in [-0.25, -0.2) is 4.98 Å². The molecule has 0 amide bonds. The molecule has 0 aliphatic heterocycles. The normalized spacial score (nSPS) is 13.0. The van der Waals surface area contributed by atoms with Crippen LogP contribution >= 0.6 is 0 Å². The number of hydrogen-bond acceptors (Lipinski definition) is 2. The summed E-state index contributed by atoms with van der Waals surface area (Å²) in [5.41, 5.74) is 4.58. The Kier molecular flexibility index (Phi) is 3.24. The van der Waals surface area contributed by atoms with Crippen molar-refractivity contribution >= 4 is 21.8 Å². The predicted molar refractivity (Wildman–Crippen MR) is 94.4 cm³/mol. The van der Waals surface area contributed by atoms with Crippen molar-refractivity contribution in [2.24, 2.45) is 0 Å². The Morgan fingerprint density at radius 1 is 0.773 bits per heavy atom. The topological polar surface area (TPSA) is 25.8 Å². The van der Waals surface area contributed by atoms with Gasteiger partial charge in [-0.15, -0.1) is 0 Å². The minimum atomic E-state index is 0.00769. The third kappa shape index (κ3) is 2.47. The molecule has 3 rings (SSSR count). The lowest BCUT2D eigenvalue weighted by Crippen LogP contribution is -2.23. The molecule has 114 valence electrons. The fraction of sp³-hybridized carbons (Fsp3) is 0.400. The fourth-order valence-electron chi connectivity index (χ4n) is 2.92. The lowest BCUT2D eigenvalue weighted by Gasteiger charge is -2.29. The van der Waals surface area contributed by atoms with Crippen LogP contribution in [-0.4, -0.2) is 9.97 Å². The number of benzene rings is 1. The quantitative estimate of drug-likeness (QED) is 0.520. The molecule has 2 heteroatoms. The van der Waals surface area contributed by atoms with Crippen LogP contribution in [0.25, 0.3) is 21.8 Å². The minimum absolute atomic E-state index is 0.00769. The van der Waals surface area contributed by atoms with Crippen LogP contribution < -0.4 is 0 Å². The third-order valence-electron chi connectivity index (χ3n) is 4.08. The van der Waals surface area contributed by atoms with Crippen LogP contribution in [0.2, 0.25) is 0 Å². The number of aromatic nitrogens is 2. The summed E-state index contributed by atoms with van der Waals surface area (Å²) in [6, 6.07) is 10.7. The Hall–Kier alpha value is -1.96. The van der Waals surface area contributed by atoms with Gasteiger partial charge in [0.05, 0.1) is 16.7 Å². The minimum Gasteiger partial charge on any atom is -0.254 e. The average Bonchev–Trinajstić information content (AvgIpc) is 2.44. The van der Waals surface area contributed by atoms with Crippen molar-refractivity contribution in [3.05, 3.63) is 47.8 Å². The highest BCUT2D eigenvalue weighted by molar-refractivity contribution is 6.02. The molecular weight excluding hydrogens is 268 g/mol. The van der Waals surface area contributed by atoms with Crippen LogP contribution in [0.5, 0.6) is 0 Å². The average molecular weight is 292 g/mol. The maximum absolute atomic E-state index is 5.08. The fourth-order valence-corrected chi connectivity index (χ4v) is 2.92. The second kappa shape index (κ2) is 4.77. The van der Waals surface area contributed by atoms with Crippen LogP contribution in [0, 0.1) is 0 Å². The van der Waals surface area contributed by atoms with Crippen LogP contribution in [0.1, 0.15) is 52.8 Å². The number of hydrogen-bond donors (Lipinski definition) is 0. The molecule has 0 unspecified atom stereocenters. The van der Waals surface area contributed by atoms with Gasteiger partial charge in [0.15, 0.2) is 0 Å². The van der Waals surface area contributed by atoms with Crippen molar-refractivity contribution in [1.82, 2.24) is 9.97 Å². The Morgan fingerprint density at radius 2 is 1.45 bits per heavy atom. The number of fused-ring (bicyclic) bond motifs is 3. The Balaban J connectivity index is 2.46. The Labute approximate surface area is 132 Å². The lowest BCUT2D eigenvalue weighted by molar-refractivity contribution is 0.517. The van der Waals surface area contributed by atoms with Gasteiger partial charge >= 0.3 is 0 Å². The first-order valence-electron chi connectivity index (χ1n) is 7.87. The summed E-state index contributed by atoms with van der Waals surface area (Å²) >= 11 is 0. The molecule has 22 heavy (non-hydrogen) atoms. The first-order valence-corrected chi connectivity index (χ1v) is 7.87. The van der Waals surface area contributed by atoms with E-state index in [1.165, 1.54) is 16.6 Å². The molecule has 0 radical (unpaired) electrons. The Morgan fingerprint density at radius 3 is 2.09 bits per heavy atom. The largest absolute Gasteiger partial charge is 0.254 e. The van der Waals surface area contributed by atoms with Crippen molar-refractivity contribution in [2.75, 3.05) is 0 Å². The van der Waals surface area contributed by atoms with Crippen molar-refractivity contribution in [1.29, 1.82) is 0 Å². The summed E-state index contributed by atoms with van der Waals surface area (Å²) in [5, 5.41) is 2.31. The van der Waals surface area contributed by atoms with E-state index in [2.05, 4.69) is 70.8 Å². The van der Waals surface area contributed by atoms with E-state index in [1.807, 2.05) is 12.3 Å². The van der Waals surface area contributed by atoms with E-state index in [9.17, 15) is 0 Å². The molecule has 0 bridgehead atoms. The van der Waals surface area contributed by atoms with Crippen LogP contribution in [0.3, 0.4) is 0 Å². The molecule has 2 aromatic heterocycles. The molecule has 2 nitrogen and oxygen atoms in total. The molecule has 0 saturated heterocycles. The number of rotatable bonds is 0. The van der Waals surface area contributed by atoms with Crippen molar-refractivity contribution < 1.29 is 0 Å².